The maximum absolute atomic E-state index is 12.8. The van der Waals surface area contributed by atoms with Crippen LogP contribution in [0.25, 0.3) is 10.9 Å². The molecule has 3 rings (SSSR count). The van der Waals surface area contributed by atoms with E-state index < -0.39 is 33.6 Å². The SMILES string of the molecule is CCOC(=O)Cn1c(=O)c2cc(S(=O)(=O)CC3(C)CC3)ccc2n(C)c1=O. The van der Waals surface area contributed by atoms with Crippen molar-refractivity contribution >= 4 is 26.7 Å². The summed E-state index contributed by atoms with van der Waals surface area (Å²) in [5.74, 6) is -0.685. The fraction of sp³-hybridized carbons (Fsp3) is 0.500. The highest BCUT2D eigenvalue weighted by Gasteiger charge is 2.41. The van der Waals surface area contributed by atoms with Gasteiger partial charge in [0.25, 0.3) is 5.56 Å². The van der Waals surface area contributed by atoms with Gasteiger partial charge in [-0.25, -0.2) is 17.8 Å². The number of carbonyl (C=O) groups excluding carboxylic acids is 1. The van der Waals surface area contributed by atoms with Crippen LogP contribution in [0, 0.1) is 5.41 Å². The van der Waals surface area contributed by atoms with Crippen LogP contribution in [0.2, 0.25) is 0 Å². The molecule has 0 amide bonds. The summed E-state index contributed by atoms with van der Waals surface area (Å²) < 4.78 is 32.2. The zero-order chi connectivity index (χ0) is 20.0. The third-order valence-electron chi connectivity index (χ3n) is 4.92. The topological polar surface area (TPSA) is 104 Å². The van der Waals surface area contributed by atoms with E-state index in [0.717, 1.165) is 17.4 Å². The fourth-order valence-corrected chi connectivity index (χ4v) is 5.01. The predicted molar refractivity (Wildman–Crippen MR) is 99.5 cm³/mol. The quantitative estimate of drug-likeness (QED) is 0.673. The van der Waals surface area contributed by atoms with E-state index in [2.05, 4.69) is 0 Å². The molecule has 0 bridgehead atoms. The molecule has 1 aromatic heterocycles. The molecular weight excluding hydrogens is 372 g/mol. The second-order valence-corrected chi connectivity index (χ2v) is 9.28. The van der Waals surface area contributed by atoms with Crippen LogP contribution in [-0.4, -0.2) is 35.9 Å². The zero-order valence-corrected chi connectivity index (χ0v) is 16.3. The maximum atomic E-state index is 12.8. The van der Waals surface area contributed by atoms with Crippen LogP contribution in [-0.2, 0) is 33.0 Å². The number of sulfone groups is 1. The van der Waals surface area contributed by atoms with Gasteiger partial charge in [0.2, 0.25) is 0 Å². The molecule has 0 unspecified atom stereocenters. The van der Waals surface area contributed by atoms with Gasteiger partial charge in [-0.2, -0.15) is 0 Å². The molecule has 1 saturated carbocycles. The van der Waals surface area contributed by atoms with Gasteiger partial charge in [-0.3, -0.25) is 14.2 Å². The first-order valence-electron chi connectivity index (χ1n) is 8.70. The molecule has 0 radical (unpaired) electrons. The lowest BCUT2D eigenvalue weighted by Gasteiger charge is -2.13. The minimum absolute atomic E-state index is 0.0221. The molecule has 1 fully saturated rings. The Morgan fingerprint density at radius 2 is 1.93 bits per heavy atom. The Morgan fingerprint density at radius 3 is 2.52 bits per heavy atom. The lowest BCUT2D eigenvalue weighted by molar-refractivity contribution is -0.143. The minimum atomic E-state index is -3.56. The van der Waals surface area contributed by atoms with Crippen molar-refractivity contribution in [1.29, 1.82) is 0 Å². The average Bonchev–Trinajstić information content (AvgIpc) is 3.32. The molecule has 1 heterocycles. The molecule has 9 heteroatoms. The monoisotopic (exact) mass is 394 g/mol. The van der Waals surface area contributed by atoms with Gasteiger partial charge in [-0.1, -0.05) is 6.92 Å². The molecule has 0 spiro atoms. The number of hydrogen-bond donors (Lipinski definition) is 0. The molecule has 1 aromatic carbocycles. The number of rotatable bonds is 6. The van der Waals surface area contributed by atoms with Gasteiger partial charge in [0.1, 0.15) is 6.54 Å². The summed E-state index contributed by atoms with van der Waals surface area (Å²) in [7, 11) is -2.09. The van der Waals surface area contributed by atoms with Gasteiger partial charge in [0, 0.05) is 7.05 Å². The van der Waals surface area contributed by atoms with E-state index in [0.29, 0.717) is 5.52 Å². The van der Waals surface area contributed by atoms with Gasteiger partial charge >= 0.3 is 11.7 Å². The standard InChI is InChI=1S/C18H22N2O6S/c1-4-26-15(21)10-20-16(22)13-9-12(5-6-14(13)19(3)17(20)23)27(24,25)11-18(2)7-8-18/h5-6,9H,4,7-8,10-11H2,1-3H3. The summed E-state index contributed by atoms with van der Waals surface area (Å²) in [5.41, 5.74) is -1.28. The molecule has 146 valence electrons. The summed E-state index contributed by atoms with van der Waals surface area (Å²) in [5, 5.41) is 0.0726. The first-order chi connectivity index (χ1) is 12.6. The number of carbonyl (C=O) groups is 1. The van der Waals surface area contributed by atoms with Crippen molar-refractivity contribution in [3.63, 3.8) is 0 Å². The van der Waals surface area contributed by atoms with Gasteiger partial charge < -0.3 is 4.74 Å². The van der Waals surface area contributed by atoms with Crippen LogP contribution >= 0.6 is 0 Å². The van der Waals surface area contributed by atoms with Crippen molar-refractivity contribution in [2.75, 3.05) is 12.4 Å². The first kappa shape index (κ1) is 19.3. The van der Waals surface area contributed by atoms with Crippen molar-refractivity contribution in [1.82, 2.24) is 9.13 Å². The van der Waals surface area contributed by atoms with Crippen molar-refractivity contribution in [3.8, 4) is 0 Å². The summed E-state index contributed by atoms with van der Waals surface area (Å²) >= 11 is 0. The molecule has 1 aliphatic carbocycles. The Kier molecular flexibility index (Phi) is 4.75. The second kappa shape index (κ2) is 6.63. The van der Waals surface area contributed by atoms with E-state index >= 15 is 0 Å². The van der Waals surface area contributed by atoms with Gasteiger partial charge in [-0.05, 0) is 43.4 Å². The maximum Gasteiger partial charge on any atom is 0.331 e. The smallest absolute Gasteiger partial charge is 0.331 e. The van der Waals surface area contributed by atoms with Crippen LogP contribution in [0.5, 0.6) is 0 Å². The van der Waals surface area contributed by atoms with Crippen molar-refractivity contribution in [2.45, 2.75) is 38.1 Å². The normalized spacial score (nSPS) is 15.7. The van der Waals surface area contributed by atoms with E-state index in [1.54, 1.807) is 6.92 Å². The number of benzene rings is 1. The number of fused-ring (bicyclic) bond motifs is 1. The summed E-state index contributed by atoms with van der Waals surface area (Å²) in [6.07, 6.45) is 1.72. The highest BCUT2D eigenvalue weighted by Crippen LogP contribution is 2.46. The van der Waals surface area contributed by atoms with E-state index in [1.807, 2.05) is 6.92 Å². The highest BCUT2D eigenvalue weighted by molar-refractivity contribution is 7.91. The summed E-state index contributed by atoms with van der Waals surface area (Å²) in [6.45, 7) is 3.14. The lowest BCUT2D eigenvalue weighted by atomic mass is 10.2. The Morgan fingerprint density at radius 1 is 1.26 bits per heavy atom. The van der Waals surface area contributed by atoms with E-state index in [9.17, 15) is 22.8 Å². The molecule has 0 saturated heterocycles. The highest BCUT2D eigenvalue weighted by atomic mass is 32.2. The largest absolute Gasteiger partial charge is 0.465 e. The Balaban J connectivity index is 2.14. The number of aromatic nitrogens is 2. The first-order valence-corrected chi connectivity index (χ1v) is 10.4. The Hall–Kier alpha value is -2.42. The third kappa shape index (κ3) is 3.69. The summed E-state index contributed by atoms with van der Waals surface area (Å²) in [4.78, 5) is 37.0. The number of aryl methyl sites for hydroxylation is 1. The number of nitrogens with zero attached hydrogens (tertiary/aromatic N) is 2. The average molecular weight is 394 g/mol. The van der Waals surface area contributed by atoms with E-state index in [-0.39, 0.29) is 28.1 Å². The Bertz CT molecular complexity index is 1140. The van der Waals surface area contributed by atoms with Crippen LogP contribution < -0.4 is 11.2 Å². The van der Waals surface area contributed by atoms with Crippen molar-refractivity contribution < 1.29 is 17.9 Å². The number of esters is 1. The predicted octanol–water partition coefficient (Wildman–Crippen LogP) is 0.837. The van der Waals surface area contributed by atoms with Crippen LogP contribution in [0.1, 0.15) is 26.7 Å². The molecule has 1 aliphatic rings. The van der Waals surface area contributed by atoms with Gasteiger partial charge in [0.05, 0.1) is 28.2 Å². The van der Waals surface area contributed by atoms with Crippen LogP contribution in [0.3, 0.4) is 0 Å². The number of hydrogen-bond acceptors (Lipinski definition) is 6. The second-order valence-electron chi connectivity index (χ2n) is 7.29. The van der Waals surface area contributed by atoms with Crippen LogP contribution in [0.4, 0.5) is 0 Å². The Labute approximate surface area is 156 Å². The van der Waals surface area contributed by atoms with Crippen molar-refractivity contribution in [3.05, 3.63) is 39.0 Å². The molecule has 8 nitrogen and oxygen atoms in total. The molecule has 0 N–H and O–H groups in total. The fourth-order valence-electron chi connectivity index (χ4n) is 3.06. The lowest BCUT2D eigenvalue weighted by Crippen LogP contribution is -2.41. The molecule has 0 atom stereocenters. The molecule has 2 aromatic rings. The van der Waals surface area contributed by atoms with Crippen LogP contribution in [0.15, 0.2) is 32.7 Å². The van der Waals surface area contributed by atoms with E-state index in [1.165, 1.54) is 29.8 Å². The third-order valence-corrected chi connectivity index (χ3v) is 6.97. The van der Waals surface area contributed by atoms with Gasteiger partial charge in [-0.15, -0.1) is 0 Å². The van der Waals surface area contributed by atoms with Gasteiger partial charge in [0.15, 0.2) is 9.84 Å². The molecule has 0 aliphatic heterocycles. The molecule has 27 heavy (non-hydrogen) atoms. The zero-order valence-electron chi connectivity index (χ0n) is 15.5. The van der Waals surface area contributed by atoms with Crippen molar-refractivity contribution in [2.24, 2.45) is 12.5 Å². The molecular formula is C18H22N2O6S. The number of ether oxygens (including phenoxy) is 1. The minimum Gasteiger partial charge on any atom is -0.465 e. The summed E-state index contributed by atoms with van der Waals surface area (Å²) in [6, 6.07) is 4.16. The van der Waals surface area contributed by atoms with E-state index in [4.69, 9.17) is 4.74 Å².